The van der Waals surface area contributed by atoms with Crippen LogP contribution in [0.2, 0.25) is 0 Å². The summed E-state index contributed by atoms with van der Waals surface area (Å²) in [4.78, 5) is 41.7. The molecule has 0 bridgehead atoms. The largest absolute Gasteiger partial charge is 0.507 e. The first-order chi connectivity index (χ1) is 15.8. The third-order valence-electron chi connectivity index (χ3n) is 5.51. The number of pyridine rings is 1. The maximum Gasteiger partial charge on any atom is 0.295 e. The molecule has 3 aromatic rings. The van der Waals surface area contributed by atoms with E-state index in [0.29, 0.717) is 16.7 Å². The van der Waals surface area contributed by atoms with Crippen molar-refractivity contribution >= 4 is 23.1 Å². The average molecular weight is 447 g/mol. The molecule has 33 heavy (non-hydrogen) atoms. The van der Waals surface area contributed by atoms with E-state index >= 15 is 0 Å². The SMILES string of the molecule is Cc1ccc(/C(O)=C2\C(=O)C(=O)N(Cc3ccncc3)C2c2ccc([N+](=O)[O-])cc2)cc1F. The summed E-state index contributed by atoms with van der Waals surface area (Å²) in [5, 5.41) is 22.0. The second-order valence-corrected chi connectivity index (χ2v) is 7.60. The lowest BCUT2D eigenvalue weighted by atomic mass is 9.94. The molecule has 4 rings (SSSR count). The van der Waals surface area contributed by atoms with Crippen LogP contribution in [0, 0.1) is 22.9 Å². The Balaban J connectivity index is 1.87. The molecule has 1 N–H and O–H groups in total. The molecule has 2 aromatic carbocycles. The molecule has 0 saturated carbocycles. The van der Waals surface area contributed by atoms with Crippen molar-refractivity contribution in [2.45, 2.75) is 19.5 Å². The topological polar surface area (TPSA) is 114 Å². The number of benzene rings is 2. The van der Waals surface area contributed by atoms with E-state index in [4.69, 9.17) is 0 Å². The number of nitro groups is 1. The summed E-state index contributed by atoms with van der Waals surface area (Å²) in [5.41, 5.74) is 1.11. The normalized spacial score (nSPS) is 17.4. The number of Topliss-reactive ketones (excluding diaryl/α,β-unsaturated/α-hetero) is 1. The third kappa shape index (κ3) is 4.08. The zero-order valence-electron chi connectivity index (χ0n) is 17.4. The van der Waals surface area contributed by atoms with Gasteiger partial charge in [0.1, 0.15) is 11.6 Å². The van der Waals surface area contributed by atoms with Gasteiger partial charge in [-0.05, 0) is 53.9 Å². The smallest absolute Gasteiger partial charge is 0.295 e. The lowest BCUT2D eigenvalue weighted by molar-refractivity contribution is -0.384. The summed E-state index contributed by atoms with van der Waals surface area (Å²) in [6, 6.07) is 11.7. The number of amides is 1. The van der Waals surface area contributed by atoms with Crippen LogP contribution < -0.4 is 0 Å². The maximum absolute atomic E-state index is 14.1. The molecule has 8 nitrogen and oxygen atoms in total. The summed E-state index contributed by atoms with van der Waals surface area (Å²) in [6.07, 6.45) is 3.09. The van der Waals surface area contributed by atoms with Crippen LogP contribution in [0.15, 0.2) is 72.6 Å². The van der Waals surface area contributed by atoms with E-state index in [1.54, 1.807) is 31.5 Å². The van der Waals surface area contributed by atoms with Gasteiger partial charge >= 0.3 is 0 Å². The zero-order valence-corrected chi connectivity index (χ0v) is 17.4. The lowest BCUT2D eigenvalue weighted by Crippen LogP contribution is -2.29. The second-order valence-electron chi connectivity index (χ2n) is 7.60. The van der Waals surface area contributed by atoms with Crippen LogP contribution in [0.3, 0.4) is 0 Å². The van der Waals surface area contributed by atoms with Gasteiger partial charge in [-0.25, -0.2) is 4.39 Å². The molecule has 2 heterocycles. The fourth-order valence-electron chi connectivity index (χ4n) is 3.75. The average Bonchev–Trinajstić information content (AvgIpc) is 3.06. The first kappa shape index (κ1) is 21.8. The molecule has 0 spiro atoms. The third-order valence-corrected chi connectivity index (χ3v) is 5.51. The van der Waals surface area contributed by atoms with E-state index in [-0.39, 0.29) is 23.4 Å². The molecule has 1 saturated heterocycles. The monoisotopic (exact) mass is 447 g/mol. The Morgan fingerprint density at radius 1 is 1.12 bits per heavy atom. The highest BCUT2D eigenvalue weighted by Crippen LogP contribution is 2.40. The summed E-state index contributed by atoms with van der Waals surface area (Å²) in [5.74, 6) is -2.86. The number of ketones is 1. The Labute approximate surface area is 187 Å². The Morgan fingerprint density at radius 2 is 1.79 bits per heavy atom. The molecule has 0 radical (unpaired) electrons. The number of non-ortho nitro benzene ring substituents is 1. The fourth-order valence-corrected chi connectivity index (χ4v) is 3.75. The number of aromatic nitrogens is 1. The highest BCUT2D eigenvalue weighted by molar-refractivity contribution is 6.46. The van der Waals surface area contributed by atoms with Crippen molar-refractivity contribution in [2.75, 3.05) is 0 Å². The number of likely N-dealkylation sites (tertiary alicyclic amines) is 1. The fraction of sp³-hybridized carbons (Fsp3) is 0.125. The van der Waals surface area contributed by atoms with Crippen molar-refractivity contribution in [2.24, 2.45) is 0 Å². The number of nitrogens with zero attached hydrogens (tertiary/aromatic N) is 3. The van der Waals surface area contributed by atoms with Gasteiger partial charge in [-0.2, -0.15) is 0 Å². The number of aryl methyl sites for hydroxylation is 1. The molecular weight excluding hydrogens is 429 g/mol. The molecule has 1 fully saturated rings. The number of hydrogen-bond acceptors (Lipinski definition) is 6. The Hall–Kier alpha value is -4.40. The maximum atomic E-state index is 14.1. The van der Waals surface area contributed by atoms with Crippen LogP contribution in [-0.2, 0) is 16.1 Å². The van der Waals surface area contributed by atoms with E-state index < -0.39 is 34.2 Å². The van der Waals surface area contributed by atoms with E-state index in [1.807, 2.05) is 0 Å². The molecule has 0 aliphatic carbocycles. The van der Waals surface area contributed by atoms with Gasteiger partial charge < -0.3 is 10.0 Å². The van der Waals surface area contributed by atoms with Crippen LogP contribution in [-0.4, -0.2) is 31.6 Å². The van der Waals surface area contributed by atoms with E-state index in [1.165, 1.54) is 41.3 Å². The minimum absolute atomic E-state index is 0.0355. The van der Waals surface area contributed by atoms with Gasteiger partial charge in [-0.15, -0.1) is 0 Å². The van der Waals surface area contributed by atoms with Gasteiger partial charge in [0.2, 0.25) is 0 Å². The van der Waals surface area contributed by atoms with Crippen LogP contribution in [0.1, 0.15) is 28.3 Å². The quantitative estimate of drug-likeness (QED) is 0.207. The Kier molecular flexibility index (Phi) is 5.70. The van der Waals surface area contributed by atoms with Gasteiger partial charge in [-0.1, -0.05) is 12.1 Å². The van der Waals surface area contributed by atoms with Crippen LogP contribution in [0.25, 0.3) is 5.76 Å². The number of carbonyl (C=O) groups is 2. The highest BCUT2D eigenvalue weighted by atomic mass is 19.1. The number of aliphatic hydroxyl groups is 1. The summed E-state index contributed by atoms with van der Waals surface area (Å²) in [6.45, 7) is 1.59. The number of nitro benzene ring substituents is 1. The number of rotatable bonds is 5. The van der Waals surface area contributed by atoms with Crippen molar-refractivity contribution in [1.29, 1.82) is 0 Å². The molecule has 1 aromatic heterocycles. The minimum Gasteiger partial charge on any atom is -0.507 e. The first-order valence-electron chi connectivity index (χ1n) is 9.96. The van der Waals surface area contributed by atoms with Crippen LogP contribution in [0.4, 0.5) is 10.1 Å². The lowest BCUT2D eigenvalue weighted by Gasteiger charge is -2.25. The molecule has 1 unspecified atom stereocenters. The Morgan fingerprint density at radius 3 is 2.39 bits per heavy atom. The van der Waals surface area contributed by atoms with Crippen molar-refractivity contribution < 1.29 is 24.0 Å². The molecule has 9 heteroatoms. The number of aliphatic hydroxyl groups excluding tert-OH is 1. The first-order valence-corrected chi connectivity index (χ1v) is 9.96. The van der Waals surface area contributed by atoms with Gasteiger partial charge in [0.05, 0.1) is 16.5 Å². The highest BCUT2D eigenvalue weighted by Gasteiger charge is 2.46. The number of halogens is 1. The van der Waals surface area contributed by atoms with Crippen molar-refractivity contribution in [3.63, 3.8) is 0 Å². The standard InChI is InChI=1S/C24H18FN3O5/c1-14-2-3-17(12-19(14)25)22(29)20-21(16-4-6-18(7-5-16)28(32)33)27(24(31)23(20)30)13-15-8-10-26-11-9-15/h2-12,21,29H,13H2,1H3/b22-20+. The van der Waals surface area contributed by atoms with Crippen LogP contribution in [0.5, 0.6) is 0 Å². The van der Waals surface area contributed by atoms with Gasteiger partial charge in [-0.3, -0.25) is 24.7 Å². The zero-order chi connectivity index (χ0) is 23.7. The van der Waals surface area contributed by atoms with Gasteiger partial charge in [0, 0.05) is 36.6 Å². The summed E-state index contributed by atoms with van der Waals surface area (Å²) < 4.78 is 14.1. The molecule has 166 valence electrons. The second kappa shape index (κ2) is 8.62. The van der Waals surface area contributed by atoms with E-state index in [9.17, 15) is 29.2 Å². The predicted octanol–water partition coefficient (Wildman–Crippen LogP) is 4.06. The van der Waals surface area contributed by atoms with Gasteiger partial charge in [0.25, 0.3) is 17.4 Å². The molecule has 1 atom stereocenters. The number of hydrogen-bond donors (Lipinski definition) is 1. The predicted molar refractivity (Wildman–Crippen MR) is 116 cm³/mol. The van der Waals surface area contributed by atoms with Crippen molar-refractivity contribution in [3.05, 3.63) is 111 Å². The molecule has 1 aliphatic rings. The van der Waals surface area contributed by atoms with Crippen molar-refractivity contribution in [1.82, 2.24) is 9.88 Å². The van der Waals surface area contributed by atoms with Crippen LogP contribution >= 0.6 is 0 Å². The summed E-state index contributed by atoms with van der Waals surface area (Å²) >= 11 is 0. The van der Waals surface area contributed by atoms with E-state index in [0.717, 1.165) is 6.07 Å². The minimum atomic E-state index is -1.02. The molecule has 1 aliphatic heterocycles. The number of carbonyl (C=O) groups excluding carboxylic acids is 2. The van der Waals surface area contributed by atoms with Crippen molar-refractivity contribution in [3.8, 4) is 0 Å². The van der Waals surface area contributed by atoms with E-state index in [2.05, 4.69) is 4.98 Å². The molecule has 1 amide bonds. The Bertz CT molecular complexity index is 1290. The van der Waals surface area contributed by atoms with Gasteiger partial charge in [0.15, 0.2) is 0 Å². The molecular formula is C24H18FN3O5. The summed E-state index contributed by atoms with van der Waals surface area (Å²) in [7, 11) is 0.